The van der Waals surface area contributed by atoms with Gasteiger partial charge < -0.3 is 39.2 Å². The summed E-state index contributed by atoms with van der Waals surface area (Å²) in [6.07, 6.45) is 3.50. The summed E-state index contributed by atoms with van der Waals surface area (Å²) in [5.41, 5.74) is 4.86. The van der Waals surface area contributed by atoms with E-state index in [1.807, 2.05) is 0 Å². The number of ether oxygens (including phenoxy) is 5. The molecule has 4 rings (SSSR count). The maximum Gasteiger partial charge on any atom is 0.142 e. The number of benzene rings is 2. The van der Waals surface area contributed by atoms with E-state index in [0.29, 0.717) is 38.3 Å². The van der Waals surface area contributed by atoms with Crippen molar-refractivity contribution in [2.24, 2.45) is 11.8 Å². The lowest BCUT2D eigenvalue weighted by atomic mass is 9.78. The minimum absolute atomic E-state index is 0.0718. The van der Waals surface area contributed by atoms with E-state index >= 15 is 0 Å². The van der Waals surface area contributed by atoms with Crippen molar-refractivity contribution in [3.8, 4) is 5.75 Å². The Labute approximate surface area is 259 Å². The Balaban J connectivity index is 1.45. The van der Waals surface area contributed by atoms with Crippen molar-refractivity contribution in [1.29, 1.82) is 0 Å². The highest BCUT2D eigenvalue weighted by molar-refractivity contribution is 5.61. The molecule has 0 spiro atoms. The number of hydrogen-bond donors (Lipinski definition) is 2. The van der Waals surface area contributed by atoms with Gasteiger partial charge in [0, 0.05) is 39.8 Å². The highest BCUT2D eigenvalue weighted by Gasteiger charge is 2.35. The minimum atomic E-state index is 0.0718. The second kappa shape index (κ2) is 18.6. The largest absolute Gasteiger partial charge is 0.490 e. The molecule has 0 aliphatic carbocycles. The van der Waals surface area contributed by atoms with Gasteiger partial charge in [0.25, 0.3) is 0 Å². The molecule has 0 unspecified atom stereocenters. The number of rotatable bonds is 19. The summed E-state index contributed by atoms with van der Waals surface area (Å²) >= 11 is 0. The molecule has 2 N–H and O–H groups in total. The number of methoxy groups -OCH3 is 2. The second-order valence-electron chi connectivity index (χ2n) is 11.9. The number of anilines is 1. The van der Waals surface area contributed by atoms with Crippen LogP contribution in [0.1, 0.15) is 55.7 Å². The van der Waals surface area contributed by atoms with E-state index in [4.69, 9.17) is 23.7 Å². The van der Waals surface area contributed by atoms with Crippen LogP contribution in [0.25, 0.3) is 0 Å². The summed E-state index contributed by atoms with van der Waals surface area (Å²) < 4.78 is 28.9. The van der Waals surface area contributed by atoms with Gasteiger partial charge in [-0.05, 0) is 66.7 Å². The van der Waals surface area contributed by atoms with Crippen LogP contribution in [0, 0.1) is 11.8 Å². The van der Waals surface area contributed by atoms with Crippen LogP contribution in [-0.2, 0) is 32.2 Å². The van der Waals surface area contributed by atoms with Crippen molar-refractivity contribution >= 4 is 5.69 Å². The van der Waals surface area contributed by atoms with Gasteiger partial charge in [-0.1, -0.05) is 57.0 Å². The molecule has 3 atom stereocenters. The number of fused-ring (bicyclic) bond motifs is 1. The zero-order valence-electron chi connectivity index (χ0n) is 26.9. The van der Waals surface area contributed by atoms with Crippen LogP contribution in [0.2, 0.25) is 0 Å². The van der Waals surface area contributed by atoms with E-state index in [0.717, 1.165) is 76.3 Å². The van der Waals surface area contributed by atoms with E-state index in [9.17, 15) is 0 Å². The molecular weight excluding hydrogens is 542 g/mol. The van der Waals surface area contributed by atoms with Gasteiger partial charge in [0.15, 0.2) is 0 Å². The molecule has 0 saturated carbocycles. The van der Waals surface area contributed by atoms with Gasteiger partial charge in [0.05, 0.1) is 44.8 Å². The van der Waals surface area contributed by atoms with Crippen LogP contribution in [0.5, 0.6) is 5.75 Å². The quantitative estimate of drug-likeness (QED) is 0.219. The first-order valence-electron chi connectivity index (χ1n) is 16.3. The normalized spacial score (nSPS) is 20.3. The van der Waals surface area contributed by atoms with Gasteiger partial charge >= 0.3 is 0 Å². The fourth-order valence-corrected chi connectivity index (χ4v) is 6.28. The number of hydrogen-bond acceptors (Lipinski definition) is 8. The Morgan fingerprint density at radius 2 is 1.74 bits per heavy atom. The molecule has 2 aromatic rings. The molecule has 1 saturated heterocycles. The van der Waals surface area contributed by atoms with Crippen molar-refractivity contribution in [3.63, 3.8) is 0 Å². The van der Waals surface area contributed by atoms with Crippen LogP contribution in [0.3, 0.4) is 0 Å². The first-order chi connectivity index (χ1) is 21.2. The lowest BCUT2D eigenvalue weighted by Crippen LogP contribution is -2.50. The van der Waals surface area contributed by atoms with E-state index in [2.05, 4.69) is 71.8 Å². The molecule has 2 aromatic carbocycles. The monoisotopic (exact) mass is 597 g/mol. The molecular formula is C35H55N3O5. The molecule has 2 aliphatic rings. The third-order valence-corrected chi connectivity index (χ3v) is 8.94. The predicted molar refractivity (Wildman–Crippen MR) is 173 cm³/mol. The van der Waals surface area contributed by atoms with Crippen molar-refractivity contribution < 1.29 is 23.7 Å². The molecule has 0 aromatic heterocycles. The van der Waals surface area contributed by atoms with Gasteiger partial charge in [-0.3, -0.25) is 0 Å². The Morgan fingerprint density at radius 3 is 2.51 bits per heavy atom. The summed E-state index contributed by atoms with van der Waals surface area (Å²) in [5, 5.41) is 7.49. The molecule has 0 amide bonds. The lowest BCUT2D eigenvalue weighted by molar-refractivity contribution is -0.00600. The van der Waals surface area contributed by atoms with E-state index < -0.39 is 0 Å². The Hall–Kier alpha value is -2.20. The summed E-state index contributed by atoms with van der Waals surface area (Å²) in [5.74, 6) is 2.41. The summed E-state index contributed by atoms with van der Waals surface area (Å²) in [6, 6.07) is 15.5. The van der Waals surface area contributed by atoms with Gasteiger partial charge in [0.2, 0.25) is 0 Å². The molecule has 0 bridgehead atoms. The van der Waals surface area contributed by atoms with Crippen LogP contribution >= 0.6 is 0 Å². The molecule has 8 heteroatoms. The average molecular weight is 598 g/mol. The van der Waals surface area contributed by atoms with Crippen molar-refractivity contribution in [2.75, 3.05) is 84.8 Å². The predicted octanol–water partition coefficient (Wildman–Crippen LogP) is 5.00. The van der Waals surface area contributed by atoms with Gasteiger partial charge in [-0.15, -0.1) is 0 Å². The highest BCUT2D eigenvalue weighted by atomic mass is 16.5. The first-order valence-corrected chi connectivity index (χ1v) is 16.3. The Bertz CT molecular complexity index is 1050. The van der Waals surface area contributed by atoms with Crippen LogP contribution in [-0.4, -0.2) is 86.0 Å². The van der Waals surface area contributed by atoms with Crippen LogP contribution in [0.15, 0.2) is 42.5 Å². The zero-order chi connectivity index (χ0) is 30.3. The number of nitrogens with zero attached hydrogens (tertiary/aromatic N) is 1. The van der Waals surface area contributed by atoms with Crippen molar-refractivity contribution in [2.45, 2.75) is 58.3 Å². The number of piperidine rings is 1. The zero-order valence-corrected chi connectivity index (χ0v) is 26.9. The van der Waals surface area contributed by atoms with Crippen LogP contribution < -0.4 is 20.3 Å². The summed E-state index contributed by atoms with van der Waals surface area (Å²) in [4.78, 5) is 2.41. The summed E-state index contributed by atoms with van der Waals surface area (Å²) in [6.45, 7) is 14.2. The third kappa shape index (κ3) is 10.2. The standard InChI is InChI=1S/C35H55N3O5/c1-5-27(6-2)21-36-22-31-23-37-24-34(35(31)30-11-8-28(9-12-30)25-41-19-18-40-4)43-26-29-10-13-33-32(20-29)38(15-17-42-33)14-7-16-39-3/h8-13,20,27,31,34-37H,5-7,14-19,21-26H2,1-4H3/t31-,34-,35-/m0/s1. The molecule has 43 heavy (non-hydrogen) atoms. The van der Waals surface area contributed by atoms with Crippen molar-refractivity contribution in [3.05, 3.63) is 59.2 Å². The number of nitrogens with one attached hydrogen (secondary N) is 2. The minimum Gasteiger partial charge on any atom is -0.490 e. The topological polar surface area (TPSA) is 73.5 Å². The Morgan fingerprint density at radius 1 is 0.953 bits per heavy atom. The van der Waals surface area contributed by atoms with Gasteiger partial charge in [-0.2, -0.15) is 0 Å². The molecule has 2 heterocycles. The molecule has 240 valence electrons. The smallest absolute Gasteiger partial charge is 0.142 e. The molecule has 8 nitrogen and oxygen atoms in total. The second-order valence-corrected chi connectivity index (χ2v) is 11.9. The molecule has 0 radical (unpaired) electrons. The molecule has 1 fully saturated rings. The highest BCUT2D eigenvalue weighted by Crippen LogP contribution is 2.35. The lowest BCUT2D eigenvalue weighted by Gasteiger charge is -2.39. The van der Waals surface area contributed by atoms with Gasteiger partial charge in [0.1, 0.15) is 12.4 Å². The fraction of sp³-hybridized carbons (Fsp3) is 0.657. The summed E-state index contributed by atoms with van der Waals surface area (Å²) in [7, 11) is 3.46. The van der Waals surface area contributed by atoms with Crippen LogP contribution in [0.4, 0.5) is 5.69 Å². The fourth-order valence-electron chi connectivity index (χ4n) is 6.28. The molecule has 2 aliphatic heterocycles. The average Bonchev–Trinajstić information content (AvgIpc) is 3.05. The van der Waals surface area contributed by atoms with Crippen molar-refractivity contribution in [1.82, 2.24) is 10.6 Å². The Kier molecular flexibility index (Phi) is 14.5. The van der Waals surface area contributed by atoms with E-state index in [1.54, 1.807) is 14.2 Å². The first kappa shape index (κ1) is 33.7. The van der Waals surface area contributed by atoms with E-state index in [1.165, 1.54) is 29.5 Å². The SMILES string of the molecule is CCC(CC)CNC[C@H]1CNC[C@H](OCc2ccc3c(c2)N(CCCOC)CCO3)[C@H]1c1ccc(COCCOC)cc1. The maximum absolute atomic E-state index is 6.77. The van der Waals surface area contributed by atoms with Gasteiger partial charge in [-0.25, -0.2) is 0 Å². The third-order valence-electron chi connectivity index (χ3n) is 8.94. The van der Waals surface area contributed by atoms with E-state index in [-0.39, 0.29) is 6.10 Å². The maximum atomic E-state index is 6.77.